The molecule has 2 heterocycles. The van der Waals surface area contributed by atoms with Gasteiger partial charge in [-0.3, -0.25) is 9.80 Å². The third-order valence-corrected chi connectivity index (χ3v) is 4.53. The lowest BCUT2D eigenvalue weighted by molar-refractivity contribution is 0.0500. The molecule has 0 amide bonds. The standard InChI is InChI=1S/C16H23FN2O/c1-13-11-19-8-2-3-15(19)12-18(13)9-10-20-16-6-4-14(17)5-7-16/h4-7,13,15H,2-3,8-12H2,1H3/t13-,15-/m0/s1. The van der Waals surface area contributed by atoms with Crippen LogP contribution in [0, 0.1) is 5.82 Å². The van der Waals surface area contributed by atoms with Gasteiger partial charge in [0.05, 0.1) is 0 Å². The molecule has 0 unspecified atom stereocenters. The molecule has 20 heavy (non-hydrogen) atoms. The Morgan fingerprint density at radius 3 is 2.85 bits per heavy atom. The predicted octanol–water partition coefficient (Wildman–Crippen LogP) is 2.37. The highest BCUT2D eigenvalue weighted by Crippen LogP contribution is 2.24. The number of nitrogens with zero attached hydrogens (tertiary/aromatic N) is 2. The highest BCUT2D eigenvalue weighted by molar-refractivity contribution is 5.21. The summed E-state index contributed by atoms with van der Waals surface area (Å²) in [5.74, 6) is 0.530. The van der Waals surface area contributed by atoms with Gasteiger partial charge in [-0.15, -0.1) is 0 Å². The Kier molecular flexibility index (Phi) is 4.22. The van der Waals surface area contributed by atoms with Crippen LogP contribution in [0.5, 0.6) is 5.75 Å². The molecule has 2 aliphatic rings. The van der Waals surface area contributed by atoms with E-state index in [1.54, 1.807) is 12.1 Å². The average Bonchev–Trinajstić information content (AvgIpc) is 2.88. The molecule has 0 aromatic heterocycles. The third-order valence-electron chi connectivity index (χ3n) is 4.53. The van der Waals surface area contributed by atoms with E-state index in [0.29, 0.717) is 12.6 Å². The number of piperazine rings is 1. The van der Waals surface area contributed by atoms with Crippen molar-refractivity contribution in [3.8, 4) is 5.75 Å². The van der Waals surface area contributed by atoms with Gasteiger partial charge in [-0.2, -0.15) is 0 Å². The molecule has 1 aromatic rings. The van der Waals surface area contributed by atoms with Crippen LogP contribution in [-0.4, -0.2) is 54.7 Å². The van der Waals surface area contributed by atoms with Crippen molar-refractivity contribution in [3.05, 3.63) is 30.1 Å². The normalized spacial score (nSPS) is 27.5. The van der Waals surface area contributed by atoms with Gasteiger partial charge in [0.1, 0.15) is 18.2 Å². The van der Waals surface area contributed by atoms with Crippen LogP contribution in [0.15, 0.2) is 24.3 Å². The molecule has 0 N–H and O–H groups in total. The Bertz CT molecular complexity index is 437. The van der Waals surface area contributed by atoms with Crippen molar-refractivity contribution in [1.29, 1.82) is 0 Å². The number of hydrogen-bond acceptors (Lipinski definition) is 3. The second kappa shape index (κ2) is 6.10. The second-order valence-electron chi connectivity index (χ2n) is 5.94. The number of ether oxygens (including phenoxy) is 1. The van der Waals surface area contributed by atoms with Gasteiger partial charge in [-0.25, -0.2) is 4.39 Å². The first kappa shape index (κ1) is 13.8. The smallest absolute Gasteiger partial charge is 0.123 e. The molecule has 0 saturated carbocycles. The summed E-state index contributed by atoms with van der Waals surface area (Å²) >= 11 is 0. The monoisotopic (exact) mass is 278 g/mol. The maximum atomic E-state index is 12.8. The van der Waals surface area contributed by atoms with E-state index in [2.05, 4.69) is 16.7 Å². The van der Waals surface area contributed by atoms with E-state index >= 15 is 0 Å². The summed E-state index contributed by atoms with van der Waals surface area (Å²) in [6.45, 7) is 7.53. The van der Waals surface area contributed by atoms with Gasteiger partial charge in [-0.05, 0) is 50.6 Å². The first-order valence-electron chi connectivity index (χ1n) is 7.59. The van der Waals surface area contributed by atoms with E-state index in [-0.39, 0.29) is 5.82 Å². The molecule has 2 fully saturated rings. The first-order chi connectivity index (χ1) is 9.72. The maximum Gasteiger partial charge on any atom is 0.123 e. The molecule has 0 spiro atoms. The first-order valence-corrected chi connectivity index (χ1v) is 7.59. The van der Waals surface area contributed by atoms with Crippen molar-refractivity contribution in [2.45, 2.75) is 31.8 Å². The van der Waals surface area contributed by atoms with Gasteiger partial charge in [0.15, 0.2) is 0 Å². The topological polar surface area (TPSA) is 15.7 Å². The molecule has 3 rings (SSSR count). The Morgan fingerprint density at radius 2 is 2.05 bits per heavy atom. The van der Waals surface area contributed by atoms with Gasteiger partial charge in [0.25, 0.3) is 0 Å². The van der Waals surface area contributed by atoms with Crippen molar-refractivity contribution >= 4 is 0 Å². The maximum absolute atomic E-state index is 12.8. The van der Waals surface area contributed by atoms with E-state index < -0.39 is 0 Å². The van der Waals surface area contributed by atoms with Gasteiger partial charge < -0.3 is 4.74 Å². The fourth-order valence-corrected chi connectivity index (χ4v) is 3.37. The van der Waals surface area contributed by atoms with Gasteiger partial charge >= 0.3 is 0 Å². The SMILES string of the molecule is C[C@H]1CN2CCC[C@H]2CN1CCOc1ccc(F)cc1. The fraction of sp³-hybridized carbons (Fsp3) is 0.625. The largest absolute Gasteiger partial charge is 0.492 e. The van der Waals surface area contributed by atoms with E-state index in [9.17, 15) is 4.39 Å². The summed E-state index contributed by atoms with van der Waals surface area (Å²) in [4.78, 5) is 5.15. The van der Waals surface area contributed by atoms with Gasteiger partial charge in [0.2, 0.25) is 0 Å². The Morgan fingerprint density at radius 1 is 1.25 bits per heavy atom. The zero-order valence-corrected chi connectivity index (χ0v) is 12.1. The van der Waals surface area contributed by atoms with Gasteiger partial charge in [0, 0.05) is 31.7 Å². The van der Waals surface area contributed by atoms with E-state index in [4.69, 9.17) is 4.74 Å². The van der Waals surface area contributed by atoms with Gasteiger partial charge in [-0.1, -0.05) is 0 Å². The molecular formula is C16H23FN2O. The summed E-state index contributed by atoms with van der Waals surface area (Å²) < 4.78 is 18.5. The minimum absolute atomic E-state index is 0.219. The van der Waals surface area contributed by atoms with Crippen molar-refractivity contribution in [2.24, 2.45) is 0 Å². The number of fused-ring (bicyclic) bond motifs is 1. The van der Waals surface area contributed by atoms with Crippen LogP contribution < -0.4 is 4.74 Å². The number of halogens is 1. The highest BCUT2D eigenvalue weighted by atomic mass is 19.1. The van der Waals surface area contributed by atoms with E-state index in [1.165, 1.54) is 38.1 Å². The Balaban J connectivity index is 1.47. The number of hydrogen-bond donors (Lipinski definition) is 0. The zero-order chi connectivity index (χ0) is 13.9. The summed E-state index contributed by atoms with van der Waals surface area (Å²) in [6.07, 6.45) is 2.68. The van der Waals surface area contributed by atoms with Crippen LogP contribution in [-0.2, 0) is 0 Å². The summed E-state index contributed by atoms with van der Waals surface area (Å²) in [5, 5.41) is 0. The average molecular weight is 278 g/mol. The van der Waals surface area contributed by atoms with Crippen LogP contribution in [0.1, 0.15) is 19.8 Å². The number of rotatable bonds is 4. The zero-order valence-electron chi connectivity index (χ0n) is 12.1. The summed E-state index contributed by atoms with van der Waals surface area (Å²) in [7, 11) is 0. The lowest BCUT2D eigenvalue weighted by atomic mass is 10.1. The van der Waals surface area contributed by atoms with Crippen molar-refractivity contribution in [1.82, 2.24) is 9.80 Å². The minimum atomic E-state index is -0.219. The van der Waals surface area contributed by atoms with Crippen LogP contribution >= 0.6 is 0 Å². The lowest BCUT2D eigenvalue weighted by Crippen LogP contribution is -2.55. The molecule has 4 heteroatoms. The summed E-state index contributed by atoms with van der Waals surface area (Å²) in [6, 6.07) is 7.60. The van der Waals surface area contributed by atoms with Crippen LogP contribution in [0.3, 0.4) is 0 Å². The molecule has 3 nitrogen and oxygen atoms in total. The van der Waals surface area contributed by atoms with Crippen molar-refractivity contribution < 1.29 is 9.13 Å². The second-order valence-corrected chi connectivity index (χ2v) is 5.94. The molecular weight excluding hydrogens is 255 g/mol. The molecule has 0 bridgehead atoms. The van der Waals surface area contributed by atoms with E-state index in [0.717, 1.165) is 24.9 Å². The summed E-state index contributed by atoms with van der Waals surface area (Å²) in [5.41, 5.74) is 0. The third kappa shape index (κ3) is 3.13. The van der Waals surface area contributed by atoms with Crippen LogP contribution in [0.25, 0.3) is 0 Å². The lowest BCUT2D eigenvalue weighted by Gasteiger charge is -2.42. The molecule has 2 saturated heterocycles. The molecule has 2 atom stereocenters. The van der Waals surface area contributed by atoms with E-state index in [1.807, 2.05) is 0 Å². The van der Waals surface area contributed by atoms with Crippen LogP contribution in [0.2, 0.25) is 0 Å². The molecule has 1 aromatic carbocycles. The van der Waals surface area contributed by atoms with Crippen LogP contribution in [0.4, 0.5) is 4.39 Å². The minimum Gasteiger partial charge on any atom is -0.492 e. The molecule has 2 aliphatic heterocycles. The Labute approximate surface area is 120 Å². The number of benzene rings is 1. The predicted molar refractivity (Wildman–Crippen MR) is 77.5 cm³/mol. The fourth-order valence-electron chi connectivity index (χ4n) is 3.37. The highest BCUT2D eigenvalue weighted by Gasteiger charge is 2.33. The molecule has 0 aliphatic carbocycles. The molecule has 110 valence electrons. The Hall–Kier alpha value is -1.13. The van der Waals surface area contributed by atoms with Crippen molar-refractivity contribution in [3.63, 3.8) is 0 Å². The molecule has 0 radical (unpaired) electrons. The quantitative estimate of drug-likeness (QED) is 0.841. The van der Waals surface area contributed by atoms with Crippen molar-refractivity contribution in [2.75, 3.05) is 32.8 Å².